The number of hydrogen-bond acceptors (Lipinski definition) is 3. The smallest absolute Gasteiger partial charge is 0.127 e. The van der Waals surface area contributed by atoms with Crippen LogP contribution in [0.5, 0.6) is 5.75 Å². The fraction of sp³-hybridized carbons (Fsp3) is 0.250. The molecule has 0 bridgehead atoms. The fourth-order valence-electron chi connectivity index (χ4n) is 1.91. The van der Waals surface area contributed by atoms with Gasteiger partial charge in [0, 0.05) is 12.6 Å². The van der Waals surface area contributed by atoms with E-state index in [4.69, 9.17) is 4.74 Å². The van der Waals surface area contributed by atoms with E-state index in [0.29, 0.717) is 24.5 Å². The number of aliphatic hydroxyl groups is 1. The van der Waals surface area contributed by atoms with Gasteiger partial charge in [-0.3, -0.25) is 0 Å². The molecule has 0 heterocycles. The van der Waals surface area contributed by atoms with Crippen molar-refractivity contribution in [3.63, 3.8) is 0 Å². The topological polar surface area (TPSA) is 41.5 Å². The maximum atomic E-state index is 13.5. The lowest BCUT2D eigenvalue weighted by Gasteiger charge is -2.13. The average molecular weight is 275 g/mol. The highest BCUT2D eigenvalue weighted by Crippen LogP contribution is 2.22. The van der Waals surface area contributed by atoms with Crippen LogP contribution in [0.1, 0.15) is 17.2 Å². The van der Waals surface area contributed by atoms with Crippen LogP contribution in [0, 0.1) is 5.82 Å². The van der Waals surface area contributed by atoms with Crippen molar-refractivity contribution in [2.75, 3.05) is 13.6 Å². The first kappa shape index (κ1) is 14.5. The zero-order valence-electron chi connectivity index (χ0n) is 11.3. The summed E-state index contributed by atoms with van der Waals surface area (Å²) in [5.41, 5.74) is 1.51. The Kier molecular flexibility index (Phi) is 5.09. The molecule has 2 N–H and O–H groups in total. The van der Waals surface area contributed by atoms with Crippen molar-refractivity contribution in [1.82, 2.24) is 5.32 Å². The summed E-state index contributed by atoms with van der Waals surface area (Å²) < 4.78 is 19.1. The first-order valence-electron chi connectivity index (χ1n) is 6.49. The summed E-state index contributed by atoms with van der Waals surface area (Å²) in [6.07, 6.45) is -0.755. The summed E-state index contributed by atoms with van der Waals surface area (Å²) in [6.45, 7) is 0.730. The van der Waals surface area contributed by atoms with Crippen molar-refractivity contribution < 1.29 is 14.2 Å². The normalized spacial score (nSPS) is 12.2. The Morgan fingerprint density at radius 2 is 1.95 bits per heavy atom. The maximum absolute atomic E-state index is 13.5. The highest BCUT2D eigenvalue weighted by atomic mass is 19.1. The molecule has 4 heteroatoms. The highest BCUT2D eigenvalue weighted by Gasteiger charge is 2.10. The third-order valence-electron chi connectivity index (χ3n) is 2.92. The molecule has 0 spiro atoms. The largest absolute Gasteiger partial charge is 0.489 e. The Bertz CT molecular complexity index is 545. The second kappa shape index (κ2) is 7.03. The van der Waals surface area contributed by atoms with Crippen molar-refractivity contribution in [3.8, 4) is 5.75 Å². The molecule has 0 aromatic heterocycles. The quantitative estimate of drug-likeness (QED) is 0.851. The van der Waals surface area contributed by atoms with Crippen molar-refractivity contribution in [1.29, 1.82) is 0 Å². The van der Waals surface area contributed by atoms with Crippen molar-refractivity contribution in [3.05, 3.63) is 65.5 Å². The summed E-state index contributed by atoms with van der Waals surface area (Å²) in [7, 11) is 1.73. The molecule has 2 rings (SSSR count). The van der Waals surface area contributed by atoms with Gasteiger partial charge in [0.1, 0.15) is 18.2 Å². The van der Waals surface area contributed by atoms with E-state index < -0.39 is 11.9 Å². The van der Waals surface area contributed by atoms with Gasteiger partial charge in [-0.2, -0.15) is 0 Å². The van der Waals surface area contributed by atoms with Crippen LogP contribution >= 0.6 is 0 Å². The summed E-state index contributed by atoms with van der Waals surface area (Å²) in [6, 6.07) is 14.0. The molecule has 2 aromatic carbocycles. The molecule has 3 nitrogen and oxygen atoms in total. The number of hydrogen-bond donors (Lipinski definition) is 2. The Morgan fingerprint density at radius 3 is 2.65 bits per heavy atom. The first-order chi connectivity index (χ1) is 9.69. The zero-order chi connectivity index (χ0) is 14.4. The second-order valence-electron chi connectivity index (χ2n) is 4.57. The van der Waals surface area contributed by atoms with E-state index in [1.807, 2.05) is 30.3 Å². The number of ether oxygens (including phenoxy) is 1. The van der Waals surface area contributed by atoms with Gasteiger partial charge in [-0.15, -0.1) is 0 Å². The summed E-state index contributed by atoms with van der Waals surface area (Å²) >= 11 is 0. The molecule has 0 aliphatic carbocycles. The molecule has 2 aromatic rings. The number of likely N-dealkylation sites (N-methyl/N-ethyl adjacent to an activating group) is 1. The van der Waals surface area contributed by atoms with Gasteiger partial charge in [0.15, 0.2) is 0 Å². The Hall–Kier alpha value is -1.91. The summed E-state index contributed by atoms with van der Waals surface area (Å²) in [4.78, 5) is 0. The van der Waals surface area contributed by atoms with Crippen LogP contribution in [0.25, 0.3) is 0 Å². The molecule has 106 valence electrons. The molecule has 0 amide bonds. The van der Waals surface area contributed by atoms with E-state index in [1.54, 1.807) is 13.1 Å². The number of halogens is 1. The van der Waals surface area contributed by atoms with E-state index in [2.05, 4.69) is 5.32 Å². The molecule has 1 atom stereocenters. The van der Waals surface area contributed by atoms with Gasteiger partial charge in [0.2, 0.25) is 0 Å². The van der Waals surface area contributed by atoms with Crippen LogP contribution in [0.4, 0.5) is 4.39 Å². The lowest BCUT2D eigenvalue weighted by atomic mass is 10.1. The van der Waals surface area contributed by atoms with Crippen LogP contribution in [0.15, 0.2) is 48.5 Å². The fourth-order valence-corrected chi connectivity index (χ4v) is 1.91. The average Bonchev–Trinajstić information content (AvgIpc) is 2.46. The van der Waals surface area contributed by atoms with Crippen LogP contribution in [0.2, 0.25) is 0 Å². The Morgan fingerprint density at radius 1 is 1.20 bits per heavy atom. The molecule has 0 saturated carbocycles. The highest BCUT2D eigenvalue weighted by molar-refractivity contribution is 5.31. The molecule has 0 radical (unpaired) electrons. The first-order valence-corrected chi connectivity index (χ1v) is 6.49. The summed E-state index contributed by atoms with van der Waals surface area (Å²) in [5, 5.41) is 12.7. The van der Waals surface area contributed by atoms with Crippen LogP contribution in [-0.4, -0.2) is 18.7 Å². The number of aliphatic hydroxyl groups excluding tert-OH is 1. The lowest BCUT2D eigenvalue weighted by molar-refractivity contribution is 0.176. The van der Waals surface area contributed by atoms with Gasteiger partial charge in [0.25, 0.3) is 0 Å². The Balaban J connectivity index is 2.08. The maximum Gasteiger partial charge on any atom is 0.127 e. The van der Waals surface area contributed by atoms with Gasteiger partial charge in [-0.1, -0.05) is 30.3 Å². The molecule has 0 aliphatic heterocycles. The van der Waals surface area contributed by atoms with E-state index in [9.17, 15) is 9.50 Å². The Labute approximate surface area is 118 Å². The van der Waals surface area contributed by atoms with Gasteiger partial charge in [-0.25, -0.2) is 4.39 Å². The molecule has 1 unspecified atom stereocenters. The number of nitrogens with one attached hydrogen (secondary N) is 1. The summed E-state index contributed by atoms with van der Waals surface area (Å²) in [5.74, 6) is -0.000258. The van der Waals surface area contributed by atoms with Crippen LogP contribution in [-0.2, 0) is 6.61 Å². The molecule has 0 aliphatic rings. The van der Waals surface area contributed by atoms with Gasteiger partial charge in [-0.05, 0) is 30.3 Å². The standard InChI is InChI=1S/C16H18FNO2/c1-18-10-16(19)13-7-14(17)9-15(8-13)20-11-12-5-3-2-4-6-12/h2-9,16,18-19H,10-11H2,1H3. The predicted octanol–water partition coefficient (Wildman–Crippen LogP) is 2.66. The van der Waals surface area contributed by atoms with E-state index in [0.717, 1.165) is 5.56 Å². The van der Waals surface area contributed by atoms with Crippen molar-refractivity contribution >= 4 is 0 Å². The number of rotatable bonds is 6. The van der Waals surface area contributed by atoms with Gasteiger partial charge >= 0.3 is 0 Å². The molecule has 0 saturated heterocycles. The van der Waals surface area contributed by atoms with Crippen molar-refractivity contribution in [2.24, 2.45) is 0 Å². The minimum Gasteiger partial charge on any atom is -0.489 e. The molecular weight excluding hydrogens is 257 g/mol. The van der Waals surface area contributed by atoms with Crippen LogP contribution in [0.3, 0.4) is 0 Å². The van der Waals surface area contributed by atoms with Crippen molar-refractivity contribution in [2.45, 2.75) is 12.7 Å². The van der Waals surface area contributed by atoms with Crippen LogP contribution < -0.4 is 10.1 Å². The lowest BCUT2D eigenvalue weighted by Crippen LogP contribution is -2.16. The SMILES string of the molecule is CNCC(O)c1cc(F)cc(OCc2ccccc2)c1. The minimum atomic E-state index is -0.755. The van der Waals surface area contributed by atoms with E-state index in [1.165, 1.54) is 12.1 Å². The van der Waals surface area contributed by atoms with Gasteiger partial charge in [0.05, 0.1) is 6.10 Å². The third kappa shape index (κ3) is 4.05. The predicted molar refractivity (Wildman–Crippen MR) is 76.1 cm³/mol. The second-order valence-corrected chi connectivity index (χ2v) is 4.57. The molecular formula is C16H18FNO2. The molecule has 20 heavy (non-hydrogen) atoms. The minimum absolute atomic E-state index is 0.363. The van der Waals surface area contributed by atoms with E-state index >= 15 is 0 Å². The van der Waals surface area contributed by atoms with E-state index in [-0.39, 0.29) is 0 Å². The monoisotopic (exact) mass is 275 g/mol. The van der Waals surface area contributed by atoms with Gasteiger partial charge < -0.3 is 15.2 Å². The zero-order valence-corrected chi connectivity index (χ0v) is 11.3. The number of benzene rings is 2. The molecule has 0 fully saturated rings. The third-order valence-corrected chi connectivity index (χ3v) is 2.92.